The van der Waals surface area contributed by atoms with Gasteiger partial charge in [-0.15, -0.1) is 0 Å². The monoisotopic (exact) mass is 876 g/mol. The molecule has 2 saturated heterocycles. The molecule has 6 heterocycles. The molecule has 8 N–H and O–H groups in total. The highest BCUT2D eigenvalue weighted by molar-refractivity contribution is 5.67. The quantitative estimate of drug-likeness (QED) is 0.139. The molecule has 336 valence electrons. The predicted molar refractivity (Wildman–Crippen MR) is 220 cm³/mol. The van der Waals surface area contributed by atoms with Crippen molar-refractivity contribution in [2.75, 3.05) is 11.5 Å². The number of hydrogen-bond donors (Lipinski definition) is 6. The average Bonchev–Trinajstić information content (AvgIpc) is 4.02. The molecule has 2 unspecified atom stereocenters. The van der Waals surface area contributed by atoms with E-state index in [0.29, 0.717) is 85.1 Å². The standard InChI is InChI=1S/C45H52N10O9/c46-17-44(29-3-1-27-39(48)50-19-52-54(27)29)35(58)31(56)33(63-44)37(42-11-21-5-22(12-42)7-23(6-21)13-42)61-41(60)62-38(43-14-24-8-25(15-43)10-26(9-24)16-43)34-32(57)36(59)45(18-47,64-34)30-4-2-28-40(49)51-20-53-55(28)30/h1-4,19-26,31-38,56-59H,5-16H2,(H2,48,50,52)(H2,49,51,53)/t21?,22?,23?,24?,25?,26?,31-,32-,33-,34-,35-,36-,37?,38?,42?,43?,44+,45+/m1/s1. The topological polar surface area (TPSA) is 295 Å². The van der Waals surface area contributed by atoms with Crippen molar-refractivity contribution in [3.63, 3.8) is 0 Å². The van der Waals surface area contributed by atoms with Gasteiger partial charge in [-0.1, -0.05) is 0 Å². The number of carbonyl (C=O) groups is 1. The number of fused-ring (bicyclic) bond motifs is 2. The van der Waals surface area contributed by atoms with Crippen LogP contribution in [0.5, 0.6) is 0 Å². The summed E-state index contributed by atoms with van der Waals surface area (Å²) in [6, 6.07) is 10.6. The number of nitrogens with two attached hydrogens (primary N) is 2. The lowest BCUT2D eigenvalue weighted by Gasteiger charge is -2.60. The molecule has 64 heavy (non-hydrogen) atoms. The van der Waals surface area contributed by atoms with Gasteiger partial charge in [-0.25, -0.2) is 23.8 Å². The van der Waals surface area contributed by atoms with Gasteiger partial charge in [0.1, 0.15) is 84.7 Å². The minimum atomic E-state index is -2.15. The molecule has 10 aliphatic rings. The maximum Gasteiger partial charge on any atom is 0.509 e. The van der Waals surface area contributed by atoms with Crippen molar-refractivity contribution >= 4 is 28.8 Å². The van der Waals surface area contributed by atoms with Crippen LogP contribution in [0.4, 0.5) is 16.4 Å². The van der Waals surface area contributed by atoms with Crippen LogP contribution in [0.15, 0.2) is 36.9 Å². The highest BCUT2D eigenvalue weighted by Crippen LogP contribution is 2.65. The zero-order chi connectivity index (χ0) is 44.1. The van der Waals surface area contributed by atoms with Crippen LogP contribution >= 0.6 is 0 Å². The SMILES string of the molecule is N#C[C@@]1(c2ccc3c(N)ncnn23)O[C@@H](C(OC(=O)OC([C@@H]2O[C@@](C#N)(c3ccc4c(N)ncnn34)[C@H](O)[C@@H]2O)C23CC4CC(CC(C4)C2)C3)C23CC4CC(CC(C4)C2)C3)[C@@H](O)[C@H]1O. The molecule has 14 rings (SSSR count). The number of aliphatic hydroxyl groups excluding tert-OH is 4. The van der Waals surface area contributed by atoms with Gasteiger partial charge in [-0.2, -0.15) is 20.7 Å². The van der Waals surface area contributed by atoms with Crippen LogP contribution in [-0.4, -0.2) is 105 Å². The fourth-order valence-corrected chi connectivity index (χ4v) is 15.6. The Morgan fingerprint density at radius 2 is 0.984 bits per heavy atom. The van der Waals surface area contributed by atoms with Gasteiger partial charge in [0.25, 0.3) is 0 Å². The van der Waals surface area contributed by atoms with E-state index in [2.05, 4.69) is 32.3 Å². The number of nitriles is 2. The summed E-state index contributed by atoms with van der Waals surface area (Å²) in [6.07, 6.45) is -0.248. The van der Waals surface area contributed by atoms with Gasteiger partial charge in [0, 0.05) is 10.8 Å². The summed E-state index contributed by atoms with van der Waals surface area (Å²) in [7, 11) is 0. The maximum absolute atomic E-state index is 15.0. The number of anilines is 2. The van der Waals surface area contributed by atoms with Crippen LogP contribution in [0.3, 0.4) is 0 Å². The number of carbonyl (C=O) groups excluding carboxylic acids is 1. The van der Waals surface area contributed by atoms with Crippen molar-refractivity contribution in [3.05, 3.63) is 48.3 Å². The lowest BCUT2D eigenvalue weighted by Crippen LogP contribution is -2.60. The van der Waals surface area contributed by atoms with Crippen LogP contribution in [0.1, 0.15) is 88.4 Å². The summed E-state index contributed by atoms with van der Waals surface area (Å²) >= 11 is 0. The smallest absolute Gasteiger partial charge is 0.427 e. The number of aromatic nitrogens is 6. The number of nitrogens with zero attached hydrogens (tertiary/aromatic N) is 8. The highest BCUT2D eigenvalue weighted by Gasteiger charge is 2.68. The van der Waals surface area contributed by atoms with E-state index in [1.165, 1.54) is 21.7 Å². The van der Waals surface area contributed by atoms with E-state index < -0.39 is 77.0 Å². The third-order valence-corrected chi connectivity index (χ3v) is 17.3. The lowest BCUT2D eigenvalue weighted by atomic mass is 9.47. The minimum absolute atomic E-state index is 0.124. The minimum Gasteiger partial charge on any atom is -0.427 e. The molecular weight excluding hydrogens is 825 g/mol. The zero-order valence-electron chi connectivity index (χ0n) is 35.1. The first-order chi connectivity index (χ1) is 30.8. The van der Waals surface area contributed by atoms with E-state index in [4.69, 9.17) is 30.4 Å². The number of rotatable bonds is 8. The molecule has 8 bridgehead atoms. The Bertz CT molecular complexity index is 2390. The summed E-state index contributed by atoms with van der Waals surface area (Å²) in [5.41, 5.74) is 7.63. The van der Waals surface area contributed by atoms with Gasteiger partial charge in [-0.05, 0) is 137 Å². The third-order valence-electron chi connectivity index (χ3n) is 17.3. The van der Waals surface area contributed by atoms with E-state index in [0.717, 1.165) is 38.5 Å². The van der Waals surface area contributed by atoms with Crippen LogP contribution in [0.2, 0.25) is 0 Å². The Morgan fingerprint density at radius 3 is 1.31 bits per heavy atom. The predicted octanol–water partition coefficient (Wildman–Crippen LogP) is 2.64. The largest absolute Gasteiger partial charge is 0.509 e. The van der Waals surface area contributed by atoms with Gasteiger partial charge >= 0.3 is 6.16 Å². The molecule has 4 aromatic rings. The van der Waals surface area contributed by atoms with E-state index >= 15 is 4.79 Å². The summed E-state index contributed by atoms with van der Waals surface area (Å²) in [6.45, 7) is 0. The van der Waals surface area contributed by atoms with Crippen LogP contribution < -0.4 is 11.5 Å². The number of hydrogen-bond acceptors (Lipinski definition) is 17. The van der Waals surface area contributed by atoms with Crippen molar-refractivity contribution in [1.82, 2.24) is 29.2 Å². The second kappa shape index (κ2) is 13.9. The molecule has 0 radical (unpaired) electrons. The highest BCUT2D eigenvalue weighted by atomic mass is 16.7. The van der Waals surface area contributed by atoms with Crippen molar-refractivity contribution in [3.8, 4) is 12.1 Å². The first-order valence-corrected chi connectivity index (χ1v) is 22.7. The summed E-state index contributed by atoms with van der Waals surface area (Å²) < 4.78 is 29.3. The van der Waals surface area contributed by atoms with E-state index in [9.17, 15) is 30.9 Å². The Balaban J connectivity index is 0.924. The molecule has 8 saturated carbocycles. The van der Waals surface area contributed by atoms with Crippen LogP contribution in [0, 0.1) is 69.0 Å². The van der Waals surface area contributed by atoms with Gasteiger partial charge in [0.2, 0.25) is 11.2 Å². The van der Waals surface area contributed by atoms with Crippen LogP contribution in [-0.2, 0) is 30.1 Å². The van der Waals surface area contributed by atoms with Crippen molar-refractivity contribution in [2.24, 2.45) is 46.3 Å². The second-order valence-corrected chi connectivity index (χ2v) is 20.9. The Kier molecular flexibility index (Phi) is 8.79. The molecular formula is C45H52N10O9. The molecule has 0 amide bonds. The van der Waals surface area contributed by atoms with Crippen LogP contribution in [0.25, 0.3) is 11.0 Å². The summed E-state index contributed by atoms with van der Waals surface area (Å²) in [5, 5.41) is 78.5. The average molecular weight is 877 g/mol. The fraction of sp³-hybridized carbons (Fsp3) is 0.667. The summed E-state index contributed by atoms with van der Waals surface area (Å²) in [4.78, 5) is 23.1. The Morgan fingerprint density at radius 1 is 0.641 bits per heavy atom. The molecule has 4 aromatic heterocycles. The number of nitrogen functional groups attached to an aromatic ring is 2. The Labute approximate surface area is 367 Å². The van der Waals surface area contributed by atoms with E-state index in [1.54, 1.807) is 24.3 Å². The van der Waals surface area contributed by atoms with Crippen molar-refractivity contribution in [1.29, 1.82) is 10.5 Å². The normalized spacial score (nSPS) is 43.7. The molecule has 0 spiro atoms. The molecule has 19 nitrogen and oxygen atoms in total. The molecule has 8 aliphatic carbocycles. The van der Waals surface area contributed by atoms with Gasteiger partial charge in [0.05, 0.1) is 11.4 Å². The maximum atomic E-state index is 15.0. The summed E-state index contributed by atoms with van der Waals surface area (Å²) in [5.74, 6) is 2.45. The van der Waals surface area contributed by atoms with Gasteiger partial charge in [0.15, 0.2) is 11.6 Å². The van der Waals surface area contributed by atoms with Gasteiger partial charge in [-0.3, -0.25) is 0 Å². The molecule has 10 atom stereocenters. The first kappa shape index (κ1) is 40.4. The lowest BCUT2D eigenvalue weighted by molar-refractivity contribution is -0.212. The van der Waals surface area contributed by atoms with Crippen molar-refractivity contribution in [2.45, 2.75) is 137 Å². The third kappa shape index (κ3) is 5.54. The first-order valence-electron chi connectivity index (χ1n) is 22.7. The van der Waals surface area contributed by atoms with Gasteiger partial charge < -0.3 is 50.8 Å². The van der Waals surface area contributed by atoms with E-state index in [-0.39, 0.29) is 23.0 Å². The molecule has 10 fully saturated rings. The number of aliphatic hydroxyl groups is 4. The number of ether oxygens (including phenoxy) is 4. The zero-order valence-corrected chi connectivity index (χ0v) is 35.1. The fourth-order valence-electron chi connectivity index (χ4n) is 15.6. The van der Waals surface area contributed by atoms with E-state index in [1.807, 2.05) is 0 Å². The molecule has 0 aromatic carbocycles. The Hall–Kier alpha value is -5.15. The molecule has 2 aliphatic heterocycles. The second-order valence-electron chi connectivity index (χ2n) is 20.9. The molecule has 19 heteroatoms. The van der Waals surface area contributed by atoms with Crippen molar-refractivity contribution < 1.29 is 44.2 Å².